The molecular weight excluding hydrogens is 338 g/mol. The maximum atomic E-state index is 6.02. The van der Waals surface area contributed by atoms with Gasteiger partial charge >= 0.3 is 0 Å². The normalized spacial score (nSPS) is 15.6. The lowest BCUT2D eigenvalue weighted by Gasteiger charge is -2.13. The van der Waals surface area contributed by atoms with Gasteiger partial charge < -0.3 is 0 Å². The van der Waals surface area contributed by atoms with Crippen molar-refractivity contribution in [3.8, 4) is 11.3 Å². The molecule has 0 amide bonds. The summed E-state index contributed by atoms with van der Waals surface area (Å²) in [5.41, 5.74) is 4.49. The Hall–Kier alpha value is -1.65. The van der Waals surface area contributed by atoms with E-state index in [1.807, 2.05) is 35.9 Å². The Morgan fingerprint density at radius 2 is 1.92 bits per heavy atom. The van der Waals surface area contributed by atoms with Crippen molar-refractivity contribution in [2.45, 2.75) is 39.0 Å². The Bertz CT molecular complexity index is 804. The summed E-state index contributed by atoms with van der Waals surface area (Å²) in [6.45, 7) is 6.57. The van der Waals surface area contributed by atoms with Gasteiger partial charge in [-0.1, -0.05) is 42.3 Å². The molecule has 3 nitrogen and oxygen atoms in total. The lowest BCUT2D eigenvalue weighted by molar-refractivity contribution is 0.655. The predicted octanol–water partition coefficient (Wildman–Crippen LogP) is 5.52. The Morgan fingerprint density at radius 1 is 1.21 bits per heavy atom. The Labute approximate surface area is 152 Å². The molecule has 1 aromatic carbocycles. The van der Waals surface area contributed by atoms with Crippen LogP contribution in [0.25, 0.3) is 11.3 Å². The van der Waals surface area contributed by atoms with E-state index in [2.05, 4.69) is 17.0 Å². The van der Waals surface area contributed by atoms with Crippen molar-refractivity contribution in [3.05, 3.63) is 51.6 Å². The molecule has 1 aromatic heterocycles. The van der Waals surface area contributed by atoms with Crippen molar-refractivity contribution in [1.82, 2.24) is 4.68 Å². The lowest BCUT2D eigenvalue weighted by atomic mass is 9.99. The summed E-state index contributed by atoms with van der Waals surface area (Å²) in [5, 5.41) is 7.80. The summed E-state index contributed by atoms with van der Waals surface area (Å²) in [5.74, 6) is 0. The summed E-state index contributed by atoms with van der Waals surface area (Å²) >= 11 is 7.65. The van der Waals surface area contributed by atoms with E-state index in [0.717, 1.165) is 39.5 Å². The first-order chi connectivity index (χ1) is 11.6. The number of benzene rings is 1. The first-order valence-corrected chi connectivity index (χ1v) is 9.57. The highest BCUT2D eigenvalue weighted by Crippen LogP contribution is 2.23. The predicted molar refractivity (Wildman–Crippen MR) is 104 cm³/mol. The molecule has 0 aliphatic heterocycles. The highest BCUT2D eigenvalue weighted by Gasteiger charge is 2.11. The number of aromatic nitrogens is 1. The number of hydrogen-bond donors (Lipinski definition) is 0. The maximum Gasteiger partial charge on any atom is 0.206 e. The van der Waals surface area contributed by atoms with Crippen LogP contribution in [0.3, 0.4) is 0 Å². The van der Waals surface area contributed by atoms with Gasteiger partial charge in [0.1, 0.15) is 0 Å². The van der Waals surface area contributed by atoms with Gasteiger partial charge in [-0.25, -0.2) is 4.68 Å². The molecule has 1 fully saturated rings. The number of rotatable bonds is 4. The second-order valence-electron chi connectivity index (χ2n) is 6.22. The van der Waals surface area contributed by atoms with Gasteiger partial charge in [-0.15, -0.1) is 11.3 Å². The minimum absolute atomic E-state index is 0.630. The van der Waals surface area contributed by atoms with Gasteiger partial charge in [-0.2, -0.15) is 5.10 Å². The molecule has 0 radical (unpaired) electrons. The zero-order valence-corrected chi connectivity index (χ0v) is 15.5. The summed E-state index contributed by atoms with van der Waals surface area (Å²) in [7, 11) is 0. The topological polar surface area (TPSA) is 29.6 Å². The second kappa shape index (κ2) is 7.95. The van der Waals surface area contributed by atoms with Crippen LogP contribution in [0, 0.1) is 0 Å². The SMILES string of the molecule is C=C(C)CN=c1scc(-c2ccc(Cl)cc2)n1N=C1CCCCC1. The van der Waals surface area contributed by atoms with Crippen molar-refractivity contribution in [1.29, 1.82) is 0 Å². The van der Waals surface area contributed by atoms with E-state index in [1.165, 1.54) is 25.0 Å². The molecule has 1 heterocycles. The van der Waals surface area contributed by atoms with E-state index in [1.54, 1.807) is 11.3 Å². The largest absolute Gasteiger partial charge is 0.253 e. The van der Waals surface area contributed by atoms with Crippen molar-refractivity contribution in [3.63, 3.8) is 0 Å². The van der Waals surface area contributed by atoms with E-state index in [4.69, 9.17) is 16.7 Å². The van der Waals surface area contributed by atoms with E-state index in [9.17, 15) is 0 Å². The maximum absolute atomic E-state index is 6.02. The van der Waals surface area contributed by atoms with E-state index >= 15 is 0 Å². The Morgan fingerprint density at radius 3 is 2.58 bits per heavy atom. The zero-order valence-electron chi connectivity index (χ0n) is 14.0. The minimum Gasteiger partial charge on any atom is -0.253 e. The van der Waals surface area contributed by atoms with Crippen molar-refractivity contribution < 1.29 is 0 Å². The van der Waals surface area contributed by atoms with Crippen LogP contribution in [0.4, 0.5) is 0 Å². The second-order valence-corrected chi connectivity index (χ2v) is 7.50. The first-order valence-electron chi connectivity index (χ1n) is 8.31. The molecule has 1 aliphatic rings. The standard InChI is InChI=1S/C19H22ClN3S/c1-14(2)12-21-19-23(22-17-6-4-3-5-7-17)18(13-24-19)15-8-10-16(20)11-9-15/h8-11,13H,1,3-7,12H2,2H3. The van der Waals surface area contributed by atoms with Crippen LogP contribution in [0.1, 0.15) is 39.0 Å². The lowest BCUT2D eigenvalue weighted by Crippen LogP contribution is -2.16. The molecule has 0 spiro atoms. The van der Waals surface area contributed by atoms with E-state index < -0.39 is 0 Å². The van der Waals surface area contributed by atoms with E-state index in [-0.39, 0.29) is 0 Å². The molecular formula is C19H22ClN3S. The number of hydrogen-bond acceptors (Lipinski definition) is 3. The van der Waals surface area contributed by atoms with Crippen LogP contribution >= 0.6 is 22.9 Å². The van der Waals surface area contributed by atoms with Crippen LogP contribution < -0.4 is 4.80 Å². The molecule has 24 heavy (non-hydrogen) atoms. The van der Waals surface area contributed by atoms with Crippen molar-refractivity contribution in [2.24, 2.45) is 10.1 Å². The van der Waals surface area contributed by atoms with Gasteiger partial charge in [0.25, 0.3) is 0 Å². The van der Waals surface area contributed by atoms with Gasteiger partial charge in [0.05, 0.1) is 12.2 Å². The summed E-state index contributed by atoms with van der Waals surface area (Å²) in [6, 6.07) is 7.89. The zero-order chi connectivity index (χ0) is 16.9. The fourth-order valence-corrected chi connectivity index (χ4v) is 3.68. The van der Waals surface area contributed by atoms with Gasteiger partial charge in [0.15, 0.2) is 0 Å². The quantitative estimate of drug-likeness (QED) is 0.644. The molecule has 1 saturated carbocycles. The molecule has 0 saturated heterocycles. The van der Waals surface area contributed by atoms with Gasteiger partial charge in [0, 0.05) is 21.7 Å². The molecule has 3 rings (SSSR count). The third kappa shape index (κ3) is 4.25. The highest BCUT2D eigenvalue weighted by molar-refractivity contribution is 7.07. The molecule has 0 unspecified atom stereocenters. The monoisotopic (exact) mass is 359 g/mol. The minimum atomic E-state index is 0.630. The van der Waals surface area contributed by atoms with Gasteiger partial charge in [-0.3, -0.25) is 4.99 Å². The average molecular weight is 360 g/mol. The van der Waals surface area contributed by atoms with Gasteiger partial charge in [-0.05, 0) is 44.7 Å². The molecule has 0 atom stereocenters. The molecule has 0 bridgehead atoms. The Balaban J connectivity index is 2.06. The Kier molecular flexibility index (Phi) is 5.69. The molecule has 2 aromatic rings. The summed E-state index contributed by atoms with van der Waals surface area (Å²) in [4.78, 5) is 5.60. The van der Waals surface area contributed by atoms with Gasteiger partial charge in [0.2, 0.25) is 4.80 Å². The van der Waals surface area contributed by atoms with Crippen LogP contribution in [-0.4, -0.2) is 16.9 Å². The molecule has 1 aliphatic carbocycles. The fraction of sp³-hybridized carbons (Fsp3) is 0.368. The molecule has 5 heteroatoms. The third-order valence-corrected chi connectivity index (χ3v) is 5.09. The van der Waals surface area contributed by atoms with Crippen LogP contribution in [-0.2, 0) is 0 Å². The molecule has 126 valence electrons. The fourth-order valence-electron chi connectivity index (χ4n) is 2.73. The summed E-state index contributed by atoms with van der Waals surface area (Å²) < 4.78 is 2.00. The van der Waals surface area contributed by atoms with Crippen LogP contribution in [0.5, 0.6) is 0 Å². The van der Waals surface area contributed by atoms with Crippen molar-refractivity contribution in [2.75, 3.05) is 6.54 Å². The average Bonchev–Trinajstić information content (AvgIpc) is 2.97. The molecule has 0 N–H and O–H groups in total. The smallest absolute Gasteiger partial charge is 0.206 e. The van der Waals surface area contributed by atoms with E-state index in [0.29, 0.717) is 6.54 Å². The summed E-state index contributed by atoms with van der Waals surface area (Å²) in [6.07, 6.45) is 5.95. The number of halogens is 1. The first kappa shape index (κ1) is 17.2. The third-order valence-electron chi connectivity index (χ3n) is 3.98. The van der Waals surface area contributed by atoms with Crippen molar-refractivity contribution >= 4 is 28.6 Å². The highest BCUT2D eigenvalue weighted by atomic mass is 35.5. The van der Waals surface area contributed by atoms with Crippen LogP contribution in [0.2, 0.25) is 5.02 Å². The number of thiazole rings is 1. The van der Waals surface area contributed by atoms with Crippen LogP contribution in [0.15, 0.2) is 51.9 Å². The number of nitrogens with zero attached hydrogens (tertiary/aromatic N) is 3.